The third-order valence-corrected chi connectivity index (χ3v) is 7.96. The van der Waals surface area contributed by atoms with Crippen LogP contribution < -0.4 is 0 Å². The van der Waals surface area contributed by atoms with Gasteiger partial charge in [0.05, 0.1) is 12.2 Å². The van der Waals surface area contributed by atoms with Crippen molar-refractivity contribution in [2.75, 3.05) is 0 Å². The van der Waals surface area contributed by atoms with Crippen LogP contribution in [0.4, 0.5) is 0 Å². The van der Waals surface area contributed by atoms with Crippen LogP contribution in [0.3, 0.4) is 0 Å². The van der Waals surface area contributed by atoms with Crippen molar-refractivity contribution in [2.24, 2.45) is 23.2 Å². The molecular formula is C29H46O4. The molecule has 3 fully saturated rings. The maximum atomic E-state index is 12.2. The summed E-state index contributed by atoms with van der Waals surface area (Å²) < 4.78 is 31.4. The van der Waals surface area contributed by atoms with Gasteiger partial charge in [-0.15, -0.1) is 0 Å². The molecule has 0 aromatic heterocycles. The van der Waals surface area contributed by atoms with Gasteiger partial charge in [0.15, 0.2) is 0 Å². The normalized spacial score (nSPS) is 37.9. The summed E-state index contributed by atoms with van der Waals surface area (Å²) in [6.45, 7) is 9.70. The summed E-state index contributed by atoms with van der Waals surface area (Å²) in [5, 5.41) is 20.3. The zero-order valence-electron chi connectivity index (χ0n) is 24.0. The molecule has 0 aromatic rings. The van der Waals surface area contributed by atoms with Crippen molar-refractivity contribution in [1.29, 1.82) is 0 Å². The Labute approximate surface area is 205 Å². The predicted octanol–water partition coefficient (Wildman–Crippen LogP) is 6.28. The molecule has 0 aromatic carbocycles. The lowest BCUT2D eigenvalue weighted by Gasteiger charge is -2.44. The van der Waals surface area contributed by atoms with E-state index in [0.29, 0.717) is 37.7 Å². The standard InChI is InChI=1S/C29H46O4/c1-19(9-7-11-27(32)33-28(3,4)5)24-14-15-25-21(10-8-16-29(24,25)6)12-13-22-17-23(30)18-26(31)20(22)2/h12-13,19,23-26,30-31H,2,7-11,14-18H2,1,3-6H3/b21-12+,22-13-/t19-,23+,24+,25-,26-,29+/m0/s1/i6D3. The van der Waals surface area contributed by atoms with Crippen LogP contribution in [0.2, 0.25) is 0 Å². The molecule has 2 N–H and O–H groups in total. The molecule has 6 atom stereocenters. The number of esters is 1. The average molecular weight is 462 g/mol. The number of carbonyl (C=O) groups excluding carboxylic acids is 1. The second-order valence-electron chi connectivity index (χ2n) is 11.7. The Morgan fingerprint density at radius 1 is 1.33 bits per heavy atom. The number of ether oxygens (including phenoxy) is 1. The fourth-order valence-electron chi connectivity index (χ4n) is 6.37. The van der Waals surface area contributed by atoms with Gasteiger partial charge in [-0.1, -0.05) is 38.1 Å². The van der Waals surface area contributed by atoms with Gasteiger partial charge in [0.2, 0.25) is 0 Å². The van der Waals surface area contributed by atoms with Crippen molar-refractivity contribution in [3.05, 3.63) is 35.5 Å². The van der Waals surface area contributed by atoms with Crippen LogP contribution in [0.1, 0.15) is 103 Å². The molecule has 33 heavy (non-hydrogen) atoms. The average Bonchev–Trinajstić information content (AvgIpc) is 3.15. The highest BCUT2D eigenvalue weighted by atomic mass is 16.6. The first-order valence-electron chi connectivity index (χ1n) is 14.3. The summed E-state index contributed by atoms with van der Waals surface area (Å²) in [5.41, 5.74) is 1.44. The quantitative estimate of drug-likeness (QED) is 0.457. The van der Waals surface area contributed by atoms with Crippen molar-refractivity contribution in [3.63, 3.8) is 0 Å². The highest BCUT2D eigenvalue weighted by Gasteiger charge is 2.50. The monoisotopic (exact) mass is 461 g/mol. The van der Waals surface area contributed by atoms with Gasteiger partial charge in [-0.2, -0.15) is 0 Å². The van der Waals surface area contributed by atoms with Crippen molar-refractivity contribution in [2.45, 2.75) is 117 Å². The minimum atomic E-state index is -2.06. The molecule has 3 aliphatic rings. The Morgan fingerprint density at radius 2 is 2.09 bits per heavy atom. The van der Waals surface area contributed by atoms with Crippen LogP contribution in [-0.4, -0.2) is 34.0 Å². The molecular weight excluding hydrogens is 412 g/mol. The smallest absolute Gasteiger partial charge is 0.306 e. The van der Waals surface area contributed by atoms with E-state index in [1.807, 2.05) is 26.8 Å². The van der Waals surface area contributed by atoms with Crippen molar-refractivity contribution < 1.29 is 23.9 Å². The SMILES string of the molecule is [2H]C([2H])([2H])[C@]12CCC/C(=C\C=C3\C[C@@H](O)C[C@H](O)C3=C)[C@@H]1CC[C@@H]2[C@@H](C)CCCC(=O)OC(C)(C)C. The Kier molecular flexibility index (Phi) is 7.02. The predicted molar refractivity (Wildman–Crippen MR) is 134 cm³/mol. The molecule has 0 aliphatic heterocycles. The maximum absolute atomic E-state index is 12.2. The van der Waals surface area contributed by atoms with Crippen LogP contribution >= 0.6 is 0 Å². The van der Waals surface area contributed by atoms with Gasteiger partial charge in [-0.3, -0.25) is 4.79 Å². The Hall–Kier alpha value is -1.39. The number of allylic oxidation sites excluding steroid dienone is 3. The van der Waals surface area contributed by atoms with Crippen molar-refractivity contribution >= 4 is 5.97 Å². The molecule has 4 heteroatoms. The number of hydrogen-bond donors (Lipinski definition) is 2. The van der Waals surface area contributed by atoms with E-state index in [1.54, 1.807) is 0 Å². The Morgan fingerprint density at radius 3 is 2.79 bits per heavy atom. The molecule has 0 radical (unpaired) electrons. The van der Waals surface area contributed by atoms with Crippen molar-refractivity contribution in [1.82, 2.24) is 0 Å². The molecule has 0 spiro atoms. The van der Waals surface area contributed by atoms with E-state index in [-0.39, 0.29) is 23.7 Å². The topological polar surface area (TPSA) is 66.8 Å². The summed E-state index contributed by atoms with van der Waals surface area (Å²) in [5.74, 6) is 0.0952. The molecule has 3 aliphatic carbocycles. The van der Waals surface area contributed by atoms with Gasteiger partial charge in [0.25, 0.3) is 0 Å². The molecule has 0 unspecified atom stereocenters. The lowest BCUT2D eigenvalue weighted by molar-refractivity contribution is -0.155. The molecule has 186 valence electrons. The highest BCUT2D eigenvalue weighted by molar-refractivity contribution is 5.69. The molecule has 0 saturated heterocycles. The maximum Gasteiger partial charge on any atom is 0.306 e. The number of rotatable bonds is 6. The number of fused-ring (bicyclic) bond motifs is 1. The van der Waals surface area contributed by atoms with Gasteiger partial charge in [-0.05, 0) is 106 Å². The zero-order valence-corrected chi connectivity index (χ0v) is 21.0. The van der Waals surface area contributed by atoms with E-state index < -0.39 is 30.1 Å². The van der Waals surface area contributed by atoms with E-state index >= 15 is 0 Å². The van der Waals surface area contributed by atoms with E-state index in [4.69, 9.17) is 8.85 Å². The molecule has 4 nitrogen and oxygen atoms in total. The number of aliphatic hydroxyl groups excluding tert-OH is 2. The fourth-order valence-corrected chi connectivity index (χ4v) is 6.37. The van der Waals surface area contributed by atoms with E-state index in [9.17, 15) is 15.0 Å². The third kappa shape index (κ3) is 6.39. The summed E-state index contributed by atoms with van der Waals surface area (Å²) in [7, 11) is 0. The first-order chi connectivity index (χ1) is 16.7. The minimum absolute atomic E-state index is 0.000564. The molecule has 0 bridgehead atoms. The van der Waals surface area contributed by atoms with Crippen LogP contribution in [0, 0.1) is 23.2 Å². The Balaban J connectivity index is 1.78. The zero-order chi connectivity index (χ0) is 26.9. The molecule has 0 amide bonds. The van der Waals surface area contributed by atoms with E-state index in [2.05, 4.69) is 19.6 Å². The summed E-state index contributed by atoms with van der Waals surface area (Å²) in [6.07, 6.45) is 9.52. The van der Waals surface area contributed by atoms with Crippen LogP contribution in [-0.2, 0) is 9.53 Å². The lowest BCUT2D eigenvalue weighted by atomic mass is 9.60. The van der Waals surface area contributed by atoms with Crippen LogP contribution in [0.25, 0.3) is 0 Å². The minimum Gasteiger partial charge on any atom is -0.460 e. The summed E-state index contributed by atoms with van der Waals surface area (Å²) >= 11 is 0. The molecule has 3 saturated carbocycles. The fraction of sp³-hybridized carbons (Fsp3) is 0.759. The van der Waals surface area contributed by atoms with Gasteiger partial charge < -0.3 is 14.9 Å². The van der Waals surface area contributed by atoms with Crippen LogP contribution in [0.15, 0.2) is 35.5 Å². The van der Waals surface area contributed by atoms with E-state index in [1.165, 1.54) is 5.57 Å². The summed E-state index contributed by atoms with van der Waals surface area (Å²) in [6, 6.07) is 0. The van der Waals surface area contributed by atoms with E-state index in [0.717, 1.165) is 37.7 Å². The van der Waals surface area contributed by atoms with Gasteiger partial charge >= 0.3 is 5.97 Å². The second-order valence-corrected chi connectivity index (χ2v) is 11.7. The largest absolute Gasteiger partial charge is 0.460 e. The summed E-state index contributed by atoms with van der Waals surface area (Å²) in [4.78, 5) is 12.2. The third-order valence-electron chi connectivity index (χ3n) is 7.96. The second kappa shape index (κ2) is 10.5. The highest BCUT2D eigenvalue weighted by Crippen LogP contribution is 2.59. The van der Waals surface area contributed by atoms with Crippen LogP contribution in [0.5, 0.6) is 0 Å². The van der Waals surface area contributed by atoms with Gasteiger partial charge in [-0.25, -0.2) is 0 Å². The molecule has 0 heterocycles. The Bertz CT molecular complexity index is 882. The number of aliphatic hydroxyl groups is 2. The van der Waals surface area contributed by atoms with Gasteiger partial charge in [0.1, 0.15) is 5.60 Å². The first-order valence-corrected chi connectivity index (χ1v) is 12.8. The first kappa shape index (κ1) is 22.1. The molecule has 3 rings (SSSR count). The van der Waals surface area contributed by atoms with Crippen molar-refractivity contribution in [3.8, 4) is 0 Å². The lowest BCUT2D eigenvalue weighted by Crippen LogP contribution is -2.36. The van der Waals surface area contributed by atoms with Gasteiger partial charge in [0, 0.05) is 17.0 Å². The number of hydrogen-bond acceptors (Lipinski definition) is 4. The number of carbonyl (C=O) groups is 1.